The Labute approximate surface area is 260 Å². The van der Waals surface area contributed by atoms with Crippen LogP contribution >= 0.6 is 0 Å². The molecule has 2 fully saturated rings. The molecule has 7 rings (SSSR count). The van der Waals surface area contributed by atoms with Crippen molar-refractivity contribution in [3.63, 3.8) is 0 Å². The molecule has 2 aliphatic rings. The first-order chi connectivity index (χ1) is 22.1. The maximum Gasteiger partial charge on any atom is 0.272 e. The van der Waals surface area contributed by atoms with Crippen LogP contribution in [0.15, 0.2) is 97.6 Å². The second-order valence-electron chi connectivity index (χ2n) is 11.1. The highest BCUT2D eigenvalue weighted by Crippen LogP contribution is 2.44. The van der Waals surface area contributed by atoms with E-state index in [2.05, 4.69) is 46.7 Å². The van der Waals surface area contributed by atoms with E-state index in [-0.39, 0.29) is 0 Å². The second-order valence-corrected chi connectivity index (χ2v) is 11.1. The number of anilines is 1. The van der Waals surface area contributed by atoms with E-state index < -0.39 is 42.7 Å². The molecular formula is C34H35N5O6. The molecule has 0 radical (unpaired) electrons. The van der Waals surface area contributed by atoms with Crippen LogP contribution in [-0.2, 0) is 24.5 Å². The SMILES string of the molecule is CC[C@H](O)[C@H]1O[C@@H](n2cnc3c(NC(c4ccccc4)(c4ccccc4)c4ccc(OC)cc4)ncnc32)[C@@H]2OC(OC)O[C@@H]21. The van der Waals surface area contributed by atoms with E-state index in [4.69, 9.17) is 33.7 Å². The third-order valence-corrected chi connectivity index (χ3v) is 8.63. The summed E-state index contributed by atoms with van der Waals surface area (Å²) in [4.78, 5) is 14.1. The molecule has 1 unspecified atom stereocenters. The normalized spacial score (nSPS) is 23.6. The number of rotatable bonds is 10. The summed E-state index contributed by atoms with van der Waals surface area (Å²) in [5.74, 6) is 1.28. The van der Waals surface area contributed by atoms with Crippen LogP contribution in [0.1, 0.15) is 36.3 Å². The number of fused-ring (bicyclic) bond motifs is 2. The number of nitrogens with zero attached hydrogens (tertiary/aromatic N) is 4. The van der Waals surface area contributed by atoms with Crippen molar-refractivity contribution < 1.29 is 28.8 Å². The van der Waals surface area contributed by atoms with Crippen LogP contribution in [0, 0.1) is 0 Å². The van der Waals surface area contributed by atoms with Gasteiger partial charge in [0.15, 0.2) is 23.2 Å². The molecule has 11 nitrogen and oxygen atoms in total. The monoisotopic (exact) mass is 609 g/mol. The summed E-state index contributed by atoms with van der Waals surface area (Å²) >= 11 is 0. The topological polar surface area (TPSA) is 122 Å². The van der Waals surface area contributed by atoms with Crippen LogP contribution in [0.2, 0.25) is 0 Å². The predicted octanol–water partition coefficient (Wildman–Crippen LogP) is 4.62. The highest BCUT2D eigenvalue weighted by Gasteiger charge is 2.55. The first-order valence-corrected chi connectivity index (χ1v) is 15.0. The molecule has 45 heavy (non-hydrogen) atoms. The fourth-order valence-corrected chi connectivity index (χ4v) is 6.37. The minimum Gasteiger partial charge on any atom is -0.497 e. The lowest BCUT2D eigenvalue weighted by atomic mass is 9.77. The minimum absolute atomic E-state index is 0.495. The smallest absolute Gasteiger partial charge is 0.272 e. The average Bonchev–Trinajstić information content (AvgIpc) is 3.82. The number of nitrogens with one attached hydrogen (secondary N) is 1. The average molecular weight is 610 g/mol. The summed E-state index contributed by atoms with van der Waals surface area (Å²) in [6, 6.07) is 28.5. The Morgan fingerprint density at radius 1 is 0.844 bits per heavy atom. The molecule has 3 aromatic carbocycles. The first-order valence-electron chi connectivity index (χ1n) is 15.0. The number of methoxy groups -OCH3 is 2. The Morgan fingerprint density at radius 2 is 1.49 bits per heavy atom. The number of aliphatic hydroxyl groups is 1. The quantitative estimate of drug-likeness (QED) is 0.217. The van der Waals surface area contributed by atoms with Crippen LogP contribution in [-0.4, -0.2) is 69.7 Å². The Bertz CT molecular complexity index is 1700. The largest absolute Gasteiger partial charge is 0.497 e. The van der Waals surface area contributed by atoms with Crippen LogP contribution in [0.3, 0.4) is 0 Å². The number of aliphatic hydroxyl groups excluding tert-OH is 1. The van der Waals surface area contributed by atoms with E-state index in [9.17, 15) is 5.11 Å². The molecule has 0 bridgehead atoms. The van der Waals surface area contributed by atoms with Gasteiger partial charge >= 0.3 is 0 Å². The molecule has 0 saturated carbocycles. The van der Waals surface area contributed by atoms with Gasteiger partial charge in [-0.2, -0.15) is 0 Å². The van der Waals surface area contributed by atoms with Crippen LogP contribution in [0.4, 0.5) is 5.82 Å². The fourth-order valence-electron chi connectivity index (χ4n) is 6.37. The number of imidazole rings is 1. The summed E-state index contributed by atoms with van der Waals surface area (Å²) < 4.78 is 31.0. The molecule has 5 aromatic rings. The lowest BCUT2D eigenvalue weighted by molar-refractivity contribution is -0.260. The van der Waals surface area contributed by atoms with Crippen molar-refractivity contribution in [1.82, 2.24) is 19.5 Å². The highest BCUT2D eigenvalue weighted by molar-refractivity contribution is 5.84. The maximum atomic E-state index is 10.8. The maximum absolute atomic E-state index is 10.8. The Hall–Kier alpha value is -4.39. The number of hydrogen-bond donors (Lipinski definition) is 2. The van der Waals surface area contributed by atoms with Crippen molar-refractivity contribution >= 4 is 17.0 Å². The first kappa shape index (κ1) is 29.3. The van der Waals surface area contributed by atoms with Crippen molar-refractivity contribution in [3.8, 4) is 5.75 Å². The number of benzene rings is 3. The molecule has 4 heterocycles. The predicted molar refractivity (Wildman–Crippen MR) is 165 cm³/mol. The molecule has 2 saturated heterocycles. The van der Waals surface area contributed by atoms with Crippen molar-refractivity contribution in [2.24, 2.45) is 0 Å². The van der Waals surface area contributed by atoms with Gasteiger partial charge in [-0.25, -0.2) is 15.0 Å². The Kier molecular flexibility index (Phi) is 7.94. The van der Waals surface area contributed by atoms with E-state index in [1.54, 1.807) is 13.4 Å². The third kappa shape index (κ3) is 5.02. The number of aromatic nitrogens is 4. The van der Waals surface area contributed by atoms with Gasteiger partial charge < -0.3 is 34.1 Å². The second kappa shape index (κ2) is 12.2. The van der Waals surface area contributed by atoms with Gasteiger partial charge in [-0.05, 0) is 35.2 Å². The van der Waals surface area contributed by atoms with Gasteiger partial charge in [0, 0.05) is 7.11 Å². The third-order valence-electron chi connectivity index (χ3n) is 8.63. The molecule has 2 aliphatic heterocycles. The number of ether oxygens (including phenoxy) is 5. The number of hydrogen-bond acceptors (Lipinski definition) is 10. The molecular weight excluding hydrogens is 574 g/mol. The van der Waals surface area contributed by atoms with Crippen molar-refractivity contribution in [1.29, 1.82) is 0 Å². The van der Waals surface area contributed by atoms with E-state index in [0.717, 1.165) is 22.4 Å². The molecule has 232 valence electrons. The Balaban J connectivity index is 1.35. The van der Waals surface area contributed by atoms with Gasteiger partial charge in [-0.3, -0.25) is 4.57 Å². The molecule has 6 atom stereocenters. The Morgan fingerprint density at radius 3 is 2.11 bits per heavy atom. The molecule has 2 aromatic heterocycles. The zero-order chi connectivity index (χ0) is 31.0. The van der Waals surface area contributed by atoms with Gasteiger partial charge in [0.05, 0.1) is 19.5 Å². The zero-order valence-corrected chi connectivity index (χ0v) is 25.2. The van der Waals surface area contributed by atoms with E-state index in [0.29, 0.717) is 23.4 Å². The van der Waals surface area contributed by atoms with Crippen molar-refractivity contribution in [3.05, 3.63) is 114 Å². The zero-order valence-electron chi connectivity index (χ0n) is 25.2. The summed E-state index contributed by atoms with van der Waals surface area (Å²) in [7, 11) is 3.17. The molecule has 0 aliphatic carbocycles. The van der Waals surface area contributed by atoms with Crippen LogP contribution in [0.5, 0.6) is 5.75 Å². The van der Waals surface area contributed by atoms with Gasteiger partial charge in [0.1, 0.15) is 35.9 Å². The fraction of sp³-hybridized carbons (Fsp3) is 0.324. The minimum atomic E-state index is -0.862. The summed E-state index contributed by atoms with van der Waals surface area (Å²) in [5, 5.41) is 14.6. The summed E-state index contributed by atoms with van der Waals surface area (Å²) in [5.41, 5.74) is 3.22. The lowest BCUT2D eigenvalue weighted by Gasteiger charge is -2.37. The van der Waals surface area contributed by atoms with Gasteiger partial charge in [-0.1, -0.05) is 79.7 Å². The molecule has 0 amide bonds. The van der Waals surface area contributed by atoms with Crippen molar-refractivity contribution in [2.45, 2.75) is 56.0 Å². The standard InChI is InChI=1S/C34H35N5O6/c1-4-25(40)27-28-29(45-33(42-3)44-28)32(43-27)39-20-37-26-30(35-19-36-31(26)39)38-34(21-11-7-5-8-12-21,22-13-9-6-10-14-22)23-15-17-24(41-2)18-16-23/h5-20,25,27-29,32-33,40H,4H2,1-3H3,(H,35,36,38)/t25-,27+,28+,29+,32+,33?/m0/s1. The molecule has 0 spiro atoms. The highest BCUT2D eigenvalue weighted by atomic mass is 16.9. The van der Waals surface area contributed by atoms with E-state index in [1.165, 1.54) is 13.4 Å². The summed E-state index contributed by atoms with van der Waals surface area (Å²) in [6.07, 6.45) is 0.579. The summed E-state index contributed by atoms with van der Waals surface area (Å²) in [6.45, 7) is 1.04. The van der Waals surface area contributed by atoms with Gasteiger partial charge in [-0.15, -0.1) is 0 Å². The van der Waals surface area contributed by atoms with Gasteiger partial charge in [0.25, 0.3) is 6.48 Å². The van der Waals surface area contributed by atoms with E-state index in [1.807, 2.05) is 60.0 Å². The van der Waals surface area contributed by atoms with E-state index >= 15 is 0 Å². The molecule has 2 N–H and O–H groups in total. The van der Waals surface area contributed by atoms with Crippen molar-refractivity contribution in [2.75, 3.05) is 19.5 Å². The lowest BCUT2D eigenvalue weighted by Crippen LogP contribution is -2.38. The molecule has 11 heteroatoms. The van der Waals surface area contributed by atoms with Gasteiger partial charge in [0.2, 0.25) is 0 Å². The van der Waals surface area contributed by atoms with Crippen LogP contribution in [0.25, 0.3) is 11.2 Å². The van der Waals surface area contributed by atoms with Crippen LogP contribution < -0.4 is 10.1 Å².